The molecule has 354 valence electrons. The van der Waals surface area contributed by atoms with Crippen LogP contribution in [0.1, 0.15) is 297 Å². The normalized spacial score (nSPS) is 12.0. The van der Waals surface area contributed by atoms with Crippen LogP contribution in [0.3, 0.4) is 0 Å². The highest BCUT2D eigenvalue weighted by Crippen LogP contribution is 2.16. The van der Waals surface area contributed by atoms with Crippen molar-refractivity contribution in [3.63, 3.8) is 0 Å². The molecular formula is C54H102O6. The van der Waals surface area contributed by atoms with Crippen molar-refractivity contribution in [1.29, 1.82) is 0 Å². The van der Waals surface area contributed by atoms with E-state index >= 15 is 0 Å². The lowest BCUT2D eigenvalue weighted by atomic mass is 10.0. The average molecular weight is 847 g/mol. The number of hydrogen-bond acceptors (Lipinski definition) is 6. The Morgan fingerprint density at radius 3 is 0.833 bits per heavy atom. The Kier molecular flexibility index (Phi) is 48.3. The molecule has 0 heterocycles. The van der Waals surface area contributed by atoms with Crippen LogP contribution in [0.5, 0.6) is 0 Å². The summed E-state index contributed by atoms with van der Waals surface area (Å²) in [5.41, 5.74) is 0. The van der Waals surface area contributed by atoms with Crippen LogP contribution in [0.25, 0.3) is 0 Å². The van der Waals surface area contributed by atoms with Gasteiger partial charge in [0.25, 0.3) is 0 Å². The van der Waals surface area contributed by atoms with Gasteiger partial charge in [-0.1, -0.05) is 245 Å². The lowest BCUT2D eigenvalue weighted by Gasteiger charge is -2.18. The predicted octanol–water partition coefficient (Wildman–Crippen LogP) is 17.4. The Balaban J connectivity index is 4.33. The Morgan fingerprint density at radius 2 is 0.550 bits per heavy atom. The molecule has 0 aliphatic rings. The number of carbonyl (C=O) groups excluding carboxylic acids is 3. The van der Waals surface area contributed by atoms with E-state index in [9.17, 15) is 14.4 Å². The van der Waals surface area contributed by atoms with E-state index in [0.717, 1.165) is 64.2 Å². The Hall–Kier alpha value is -1.85. The Bertz CT molecular complexity index is 931. The van der Waals surface area contributed by atoms with Gasteiger partial charge in [-0.25, -0.2) is 0 Å². The fourth-order valence-electron chi connectivity index (χ4n) is 7.97. The topological polar surface area (TPSA) is 78.9 Å². The van der Waals surface area contributed by atoms with E-state index in [0.29, 0.717) is 19.3 Å². The minimum atomic E-state index is -0.766. The molecule has 0 aromatic rings. The lowest BCUT2D eigenvalue weighted by molar-refractivity contribution is -0.167. The highest BCUT2D eigenvalue weighted by molar-refractivity contribution is 5.71. The molecule has 0 aliphatic carbocycles. The summed E-state index contributed by atoms with van der Waals surface area (Å²) in [6, 6.07) is 0. The number of carbonyl (C=O) groups is 3. The summed E-state index contributed by atoms with van der Waals surface area (Å²) in [6.45, 7) is 6.66. The van der Waals surface area contributed by atoms with Crippen LogP contribution < -0.4 is 0 Å². The molecule has 0 amide bonds. The monoisotopic (exact) mass is 847 g/mol. The number of hydrogen-bond donors (Lipinski definition) is 0. The fraction of sp³-hybridized carbons (Fsp3) is 0.907. The van der Waals surface area contributed by atoms with Crippen LogP contribution in [-0.2, 0) is 28.6 Å². The molecule has 1 atom stereocenters. The summed E-state index contributed by atoms with van der Waals surface area (Å²) in [7, 11) is 0. The van der Waals surface area contributed by atoms with E-state index in [1.165, 1.54) is 193 Å². The van der Waals surface area contributed by atoms with E-state index in [2.05, 4.69) is 32.9 Å². The van der Waals surface area contributed by atoms with Gasteiger partial charge in [0.1, 0.15) is 13.2 Å². The molecule has 0 saturated heterocycles. The highest BCUT2D eigenvalue weighted by atomic mass is 16.6. The van der Waals surface area contributed by atoms with Gasteiger partial charge in [-0.3, -0.25) is 14.4 Å². The van der Waals surface area contributed by atoms with Crippen molar-refractivity contribution in [2.75, 3.05) is 13.2 Å². The third-order valence-electron chi connectivity index (χ3n) is 12.0. The van der Waals surface area contributed by atoms with E-state index in [1.807, 2.05) is 0 Å². The summed E-state index contributed by atoms with van der Waals surface area (Å²) in [5.74, 6) is -0.857. The molecule has 0 aromatic carbocycles. The van der Waals surface area contributed by atoms with Crippen molar-refractivity contribution in [2.24, 2.45) is 0 Å². The van der Waals surface area contributed by atoms with Gasteiger partial charge in [0.2, 0.25) is 0 Å². The molecule has 0 rings (SSSR count). The summed E-state index contributed by atoms with van der Waals surface area (Å²) < 4.78 is 16.8. The zero-order chi connectivity index (χ0) is 43.7. The molecule has 0 N–H and O–H groups in total. The van der Waals surface area contributed by atoms with Crippen molar-refractivity contribution in [3.8, 4) is 0 Å². The maximum Gasteiger partial charge on any atom is 0.306 e. The Labute approximate surface area is 373 Å². The highest BCUT2D eigenvalue weighted by Gasteiger charge is 2.19. The lowest BCUT2D eigenvalue weighted by Crippen LogP contribution is -2.30. The molecule has 0 unspecified atom stereocenters. The zero-order valence-electron chi connectivity index (χ0n) is 40.5. The number of esters is 3. The van der Waals surface area contributed by atoms with Gasteiger partial charge in [0.15, 0.2) is 6.10 Å². The first-order valence-electron chi connectivity index (χ1n) is 26.7. The smallest absolute Gasteiger partial charge is 0.306 e. The maximum atomic E-state index is 12.8. The molecular weight excluding hydrogens is 745 g/mol. The van der Waals surface area contributed by atoms with Crippen molar-refractivity contribution in [2.45, 2.75) is 303 Å². The second-order valence-electron chi connectivity index (χ2n) is 18.2. The van der Waals surface area contributed by atoms with Gasteiger partial charge in [0, 0.05) is 19.3 Å². The largest absolute Gasteiger partial charge is 0.462 e. The van der Waals surface area contributed by atoms with E-state index < -0.39 is 6.10 Å². The van der Waals surface area contributed by atoms with Gasteiger partial charge in [-0.2, -0.15) is 0 Å². The summed E-state index contributed by atoms with van der Waals surface area (Å²) in [5, 5.41) is 0. The maximum absolute atomic E-state index is 12.8. The molecule has 0 spiro atoms. The molecule has 60 heavy (non-hydrogen) atoms. The van der Waals surface area contributed by atoms with Crippen molar-refractivity contribution in [3.05, 3.63) is 12.2 Å². The Morgan fingerprint density at radius 1 is 0.317 bits per heavy atom. The van der Waals surface area contributed by atoms with Crippen molar-refractivity contribution in [1.82, 2.24) is 0 Å². The molecule has 0 fully saturated rings. The number of allylic oxidation sites excluding steroid dienone is 2. The summed E-state index contributed by atoms with van der Waals surface area (Å²) >= 11 is 0. The first-order valence-corrected chi connectivity index (χ1v) is 26.7. The number of ether oxygens (including phenoxy) is 3. The quantitative estimate of drug-likeness (QED) is 0.0263. The number of unbranched alkanes of at least 4 members (excludes halogenated alkanes) is 36. The second-order valence-corrected chi connectivity index (χ2v) is 18.2. The SMILES string of the molecule is CCCCCCCC/C=C\CCCCCCCC(=O)OC[C@@H](COC(=O)CCCCCCCCCCCCCCCC)OC(=O)CCCCCCCCCCCCCCC. The molecule has 0 radical (unpaired) electrons. The standard InChI is InChI=1S/C54H102O6/c1-4-7-10-13-16-19-22-25-27-30-32-35-38-41-44-47-53(56)59-50-51(60-54(57)48-45-42-39-36-33-28-24-21-18-15-12-9-6-3)49-58-52(55)46-43-40-37-34-31-29-26-23-20-17-14-11-8-5-2/h25,27,51H,4-24,26,28-50H2,1-3H3/b27-25-/t51-/m1/s1. The van der Waals surface area contributed by atoms with Gasteiger partial charge < -0.3 is 14.2 Å². The molecule has 0 aromatic heterocycles. The minimum absolute atomic E-state index is 0.0670. The second kappa shape index (κ2) is 49.8. The minimum Gasteiger partial charge on any atom is -0.462 e. The van der Waals surface area contributed by atoms with Crippen LogP contribution in [-0.4, -0.2) is 37.2 Å². The first kappa shape index (κ1) is 58.1. The van der Waals surface area contributed by atoms with Gasteiger partial charge in [-0.15, -0.1) is 0 Å². The third kappa shape index (κ3) is 47.2. The van der Waals surface area contributed by atoms with Crippen molar-refractivity contribution < 1.29 is 28.6 Å². The molecule has 0 aliphatic heterocycles. The van der Waals surface area contributed by atoms with Crippen LogP contribution in [0.2, 0.25) is 0 Å². The molecule has 6 nitrogen and oxygen atoms in total. The molecule has 0 bridgehead atoms. The van der Waals surface area contributed by atoms with Gasteiger partial charge in [-0.05, 0) is 44.9 Å². The van der Waals surface area contributed by atoms with E-state index in [1.54, 1.807) is 0 Å². The van der Waals surface area contributed by atoms with Crippen LogP contribution in [0, 0.1) is 0 Å². The summed E-state index contributed by atoms with van der Waals surface area (Å²) in [4.78, 5) is 38.0. The van der Waals surface area contributed by atoms with Crippen LogP contribution >= 0.6 is 0 Å². The van der Waals surface area contributed by atoms with Crippen LogP contribution in [0.4, 0.5) is 0 Å². The van der Waals surface area contributed by atoms with E-state index in [4.69, 9.17) is 14.2 Å². The molecule has 6 heteroatoms. The predicted molar refractivity (Wildman–Crippen MR) is 256 cm³/mol. The van der Waals surface area contributed by atoms with E-state index in [-0.39, 0.29) is 31.1 Å². The third-order valence-corrected chi connectivity index (χ3v) is 12.0. The summed E-state index contributed by atoms with van der Waals surface area (Å²) in [6.07, 6.45) is 54.7. The van der Waals surface area contributed by atoms with Gasteiger partial charge in [0.05, 0.1) is 0 Å². The fourth-order valence-corrected chi connectivity index (χ4v) is 7.97. The average Bonchev–Trinajstić information content (AvgIpc) is 3.24. The first-order chi connectivity index (χ1) is 29.5. The van der Waals surface area contributed by atoms with Gasteiger partial charge >= 0.3 is 17.9 Å². The van der Waals surface area contributed by atoms with Crippen molar-refractivity contribution >= 4 is 17.9 Å². The zero-order valence-corrected chi connectivity index (χ0v) is 40.5. The number of rotatable bonds is 49. The van der Waals surface area contributed by atoms with Crippen LogP contribution in [0.15, 0.2) is 12.2 Å². The molecule has 0 saturated carbocycles.